The third-order valence-electron chi connectivity index (χ3n) is 4.13. The van der Waals surface area contributed by atoms with Crippen LogP contribution < -0.4 is 5.73 Å². The highest BCUT2D eigenvalue weighted by atomic mass is 32.2. The summed E-state index contributed by atoms with van der Waals surface area (Å²) in [6.07, 6.45) is 5.41. The second-order valence-corrected chi connectivity index (χ2v) is 6.89. The SMILES string of the molecule is NCC1CCCCC1CN1CCS(=O)CC1. The van der Waals surface area contributed by atoms with Crippen LogP contribution in [-0.4, -0.2) is 46.8 Å². The summed E-state index contributed by atoms with van der Waals surface area (Å²) in [5.74, 6) is 3.28. The van der Waals surface area contributed by atoms with Gasteiger partial charge in [0.2, 0.25) is 0 Å². The molecule has 0 aromatic heterocycles. The van der Waals surface area contributed by atoms with Crippen molar-refractivity contribution < 1.29 is 4.21 Å². The predicted octanol–water partition coefficient (Wildman–Crippen LogP) is 0.816. The van der Waals surface area contributed by atoms with Crippen molar-refractivity contribution in [3.63, 3.8) is 0 Å². The molecule has 1 aliphatic heterocycles. The van der Waals surface area contributed by atoms with Crippen molar-refractivity contribution in [3.05, 3.63) is 0 Å². The molecule has 2 fully saturated rings. The van der Waals surface area contributed by atoms with E-state index in [4.69, 9.17) is 5.73 Å². The average Bonchev–Trinajstić information content (AvgIpc) is 2.33. The van der Waals surface area contributed by atoms with Gasteiger partial charge in [-0.2, -0.15) is 0 Å². The Hall–Kier alpha value is 0.0700. The van der Waals surface area contributed by atoms with Gasteiger partial charge in [-0.3, -0.25) is 4.21 Å². The molecular weight excluding hydrogens is 220 g/mol. The molecule has 4 heteroatoms. The molecule has 1 heterocycles. The van der Waals surface area contributed by atoms with E-state index in [9.17, 15) is 4.21 Å². The lowest BCUT2D eigenvalue weighted by atomic mass is 9.79. The summed E-state index contributed by atoms with van der Waals surface area (Å²) >= 11 is 0. The molecule has 2 rings (SSSR count). The fourth-order valence-electron chi connectivity index (χ4n) is 3.03. The molecule has 0 amide bonds. The van der Waals surface area contributed by atoms with Crippen LogP contribution in [0.5, 0.6) is 0 Å². The van der Waals surface area contributed by atoms with Gasteiger partial charge in [0.05, 0.1) is 0 Å². The number of nitrogens with zero attached hydrogens (tertiary/aromatic N) is 1. The summed E-state index contributed by atoms with van der Waals surface area (Å²) in [5.41, 5.74) is 5.85. The minimum Gasteiger partial charge on any atom is -0.330 e. The Bertz CT molecular complexity index is 237. The molecule has 0 spiro atoms. The van der Waals surface area contributed by atoms with Gasteiger partial charge in [-0.1, -0.05) is 12.8 Å². The first-order valence-electron chi connectivity index (χ1n) is 6.57. The maximum atomic E-state index is 11.3. The van der Waals surface area contributed by atoms with E-state index in [1.54, 1.807) is 0 Å². The van der Waals surface area contributed by atoms with Crippen LogP contribution >= 0.6 is 0 Å². The van der Waals surface area contributed by atoms with E-state index in [2.05, 4.69) is 4.90 Å². The van der Waals surface area contributed by atoms with Crippen LogP contribution in [0.15, 0.2) is 0 Å². The van der Waals surface area contributed by atoms with E-state index in [-0.39, 0.29) is 0 Å². The van der Waals surface area contributed by atoms with E-state index in [1.807, 2.05) is 0 Å². The number of rotatable bonds is 3. The average molecular weight is 244 g/mol. The van der Waals surface area contributed by atoms with Crippen molar-refractivity contribution in [2.24, 2.45) is 17.6 Å². The molecule has 0 aromatic rings. The topological polar surface area (TPSA) is 46.3 Å². The van der Waals surface area contributed by atoms with Crippen LogP contribution in [0.1, 0.15) is 25.7 Å². The van der Waals surface area contributed by atoms with Gasteiger partial charge in [0.25, 0.3) is 0 Å². The second kappa shape index (κ2) is 6.12. The number of hydrogen-bond acceptors (Lipinski definition) is 3. The van der Waals surface area contributed by atoms with Crippen LogP contribution in [0.2, 0.25) is 0 Å². The summed E-state index contributed by atoms with van der Waals surface area (Å²) in [6.45, 7) is 4.10. The zero-order valence-electron chi connectivity index (χ0n) is 10.1. The van der Waals surface area contributed by atoms with E-state index < -0.39 is 10.8 Å². The Morgan fingerprint density at radius 2 is 1.75 bits per heavy atom. The predicted molar refractivity (Wildman–Crippen MR) is 68.8 cm³/mol. The molecule has 2 unspecified atom stereocenters. The van der Waals surface area contributed by atoms with Crippen molar-refractivity contribution in [2.75, 3.05) is 37.7 Å². The molecule has 3 nitrogen and oxygen atoms in total. The molecule has 2 aliphatic rings. The molecular formula is C12H24N2OS. The Morgan fingerprint density at radius 3 is 2.38 bits per heavy atom. The lowest BCUT2D eigenvalue weighted by Gasteiger charge is -2.36. The highest BCUT2D eigenvalue weighted by Crippen LogP contribution is 2.30. The zero-order chi connectivity index (χ0) is 11.4. The molecule has 0 radical (unpaired) electrons. The Morgan fingerprint density at radius 1 is 1.12 bits per heavy atom. The maximum Gasteiger partial charge on any atom is 0.0363 e. The third kappa shape index (κ3) is 3.28. The van der Waals surface area contributed by atoms with E-state index >= 15 is 0 Å². The van der Waals surface area contributed by atoms with Crippen LogP contribution in [0, 0.1) is 11.8 Å². The van der Waals surface area contributed by atoms with Crippen molar-refractivity contribution in [2.45, 2.75) is 25.7 Å². The van der Waals surface area contributed by atoms with Gasteiger partial charge >= 0.3 is 0 Å². The van der Waals surface area contributed by atoms with Crippen LogP contribution in [0.4, 0.5) is 0 Å². The van der Waals surface area contributed by atoms with Gasteiger partial charge in [0.15, 0.2) is 0 Å². The zero-order valence-corrected chi connectivity index (χ0v) is 10.9. The van der Waals surface area contributed by atoms with Gasteiger partial charge in [-0.05, 0) is 31.2 Å². The van der Waals surface area contributed by atoms with E-state index in [1.165, 1.54) is 32.2 Å². The highest BCUT2D eigenvalue weighted by molar-refractivity contribution is 7.85. The van der Waals surface area contributed by atoms with Crippen molar-refractivity contribution in [1.82, 2.24) is 4.90 Å². The quantitative estimate of drug-likeness (QED) is 0.799. The van der Waals surface area contributed by atoms with Gasteiger partial charge in [0, 0.05) is 41.9 Å². The third-order valence-corrected chi connectivity index (χ3v) is 5.41. The Labute approximate surface area is 101 Å². The lowest BCUT2D eigenvalue weighted by Crippen LogP contribution is -2.43. The van der Waals surface area contributed by atoms with Crippen LogP contribution in [0.3, 0.4) is 0 Å². The lowest BCUT2D eigenvalue weighted by molar-refractivity contribution is 0.162. The fraction of sp³-hybridized carbons (Fsp3) is 1.00. The largest absolute Gasteiger partial charge is 0.330 e. The first kappa shape index (κ1) is 12.5. The van der Waals surface area contributed by atoms with Crippen molar-refractivity contribution in [1.29, 1.82) is 0 Å². The molecule has 0 bridgehead atoms. The standard InChI is InChI=1S/C12H24N2OS/c13-9-11-3-1-2-4-12(11)10-14-5-7-16(15)8-6-14/h11-12H,1-10,13H2. The first-order valence-corrected chi connectivity index (χ1v) is 8.06. The monoisotopic (exact) mass is 244 g/mol. The van der Waals surface area contributed by atoms with Crippen molar-refractivity contribution in [3.8, 4) is 0 Å². The summed E-state index contributed by atoms with van der Waals surface area (Å²) in [4.78, 5) is 2.50. The molecule has 1 aliphatic carbocycles. The second-order valence-electron chi connectivity index (χ2n) is 5.19. The maximum absolute atomic E-state index is 11.3. The number of hydrogen-bond donors (Lipinski definition) is 1. The Kier molecular flexibility index (Phi) is 4.79. The van der Waals surface area contributed by atoms with Gasteiger partial charge in [-0.25, -0.2) is 0 Å². The minimum atomic E-state index is -0.544. The molecule has 16 heavy (non-hydrogen) atoms. The molecule has 1 saturated carbocycles. The normalized spacial score (nSPS) is 34.1. The molecule has 0 aromatic carbocycles. The molecule has 94 valence electrons. The summed E-state index contributed by atoms with van der Waals surface area (Å²) in [7, 11) is -0.544. The van der Waals surface area contributed by atoms with Gasteiger partial charge < -0.3 is 10.6 Å². The summed E-state index contributed by atoms with van der Waals surface area (Å²) in [5, 5.41) is 0. The van der Waals surface area contributed by atoms with Crippen LogP contribution in [0.25, 0.3) is 0 Å². The molecule has 1 saturated heterocycles. The smallest absolute Gasteiger partial charge is 0.0363 e. The highest BCUT2D eigenvalue weighted by Gasteiger charge is 2.26. The minimum absolute atomic E-state index is 0.544. The van der Waals surface area contributed by atoms with E-state index in [0.717, 1.165) is 43.0 Å². The van der Waals surface area contributed by atoms with E-state index in [0.29, 0.717) is 0 Å². The van der Waals surface area contributed by atoms with Gasteiger partial charge in [0.1, 0.15) is 0 Å². The summed E-state index contributed by atoms with van der Waals surface area (Å²) in [6, 6.07) is 0. The fourth-order valence-corrected chi connectivity index (χ4v) is 4.15. The first-order chi connectivity index (χ1) is 7.79. The van der Waals surface area contributed by atoms with Crippen molar-refractivity contribution >= 4 is 10.8 Å². The van der Waals surface area contributed by atoms with Crippen LogP contribution in [-0.2, 0) is 10.8 Å². The Balaban J connectivity index is 1.80. The molecule has 2 N–H and O–H groups in total. The van der Waals surface area contributed by atoms with Gasteiger partial charge in [-0.15, -0.1) is 0 Å². The molecule has 2 atom stereocenters. The summed E-state index contributed by atoms with van der Waals surface area (Å²) < 4.78 is 11.3. The number of nitrogens with two attached hydrogens (primary N) is 1.